The summed E-state index contributed by atoms with van der Waals surface area (Å²) in [6.07, 6.45) is 1.89. The molecule has 1 amide bonds. The molecular formula is C15H21BClNO3S. The van der Waals surface area contributed by atoms with Crippen LogP contribution >= 0.6 is 23.4 Å². The average Bonchev–Trinajstić information content (AvgIpc) is 2.61. The molecule has 1 aromatic carbocycles. The van der Waals surface area contributed by atoms with Gasteiger partial charge in [0, 0.05) is 16.2 Å². The van der Waals surface area contributed by atoms with Gasteiger partial charge in [-0.25, -0.2) is 0 Å². The summed E-state index contributed by atoms with van der Waals surface area (Å²) in [6.45, 7) is 7.96. The molecule has 1 aliphatic heterocycles. The lowest BCUT2D eigenvalue weighted by Crippen LogP contribution is -2.41. The van der Waals surface area contributed by atoms with E-state index in [9.17, 15) is 4.79 Å². The van der Waals surface area contributed by atoms with Crippen LogP contribution in [0.2, 0.25) is 5.02 Å². The summed E-state index contributed by atoms with van der Waals surface area (Å²) < 4.78 is 12.1. The Labute approximate surface area is 141 Å². The summed E-state index contributed by atoms with van der Waals surface area (Å²) in [6, 6.07) is 5.30. The minimum absolute atomic E-state index is 0.0624. The van der Waals surface area contributed by atoms with Gasteiger partial charge in [0.1, 0.15) is 0 Å². The van der Waals surface area contributed by atoms with E-state index in [-0.39, 0.29) is 5.91 Å². The van der Waals surface area contributed by atoms with Crippen molar-refractivity contribution in [1.82, 2.24) is 0 Å². The molecule has 0 spiro atoms. The van der Waals surface area contributed by atoms with Gasteiger partial charge in [-0.3, -0.25) is 4.79 Å². The van der Waals surface area contributed by atoms with E-state index < -0.39 is 18.3 Å². The predicted octanol–water partition coefficient (Wildman–Crippen LogP) is 2.94. The maximum atomic E-state index is 11.9. The van der Waals surface area contributed by atoms with Crippen LogP contribution in [-0.4, -0.2) is 36.2 Å². The summed E-state index contributed by atoms with van der Waals surface area (Å²) in [5.74, 6) is 0.332. The molecule has 0 atom stereocenters. The molecule has 1 N–H and O–H groups in total. The Morgan fingerprint density at radius 2 is 1.86 bits per heavy atom. The first kappa shape index (κ1) is 17.7. The van der Waals surface area contributed by atoms with Crippen molar-refractivity contribution in [3.8, 4) is 0 Å². The fourth-order valence-electron chi connectivity index (χ4n) is 2.13. The fraction of sp³-hybridized carbons (Fsp3) is 0.533. The lowest BCUT2D eigenvalue weighted by Gasteiger charge is -2.32. The quantitative estimate of drug-likeness (QED) is 0.855. The van der Waals surface area contributed by atoms with Crippen molar-refractivity contribution in [3.05, 3.63) is 23.2 Å². The first-order valence-corrected chi connectivity index (χ1v) is 8.87. The zero-order chi connectivity index (χ0) is 16.5. The molecule has 4 nitrogen and oxygen atoms in total. The van der Waals surface area contributed by atoms with Gasteiger partial charge in [0.25, 0.3) is 0 Å². The Bertz CT molecular complexity index is 564. The molecule has 7 heteroatoms. The Hall–Kier alpha value is -0.685. The molecule has 0 bridgehead atoms. The Kier molecular flexibility index (Phi) is 5.17. The highest BCUT2D eigenvalue weighted by Gasteiger charge is 2.52. The third-order valence-electron chi connectivity index (χ3n) is 4.07. The normalized spacial score (nSPS) is 19.3. The van der Waals surface area contributed by atoms with Gasteiger partial charge in [0.05, 0.1) is 17.0 Å². The highest BCUT2D eigenvalue weighted by atomic mass is 35.5. The number of anilines is 1. The SMILES string of the molecule is CSCC(=O)Nc1ccc(Cl)cc1B1OC(C)(C)C(C)(C)O1. The van der Waals surface area contributed by atoms with E-state index >= 15 is 0 Å². The molecule has 1 aromatic rings. The summed E-state index contributed by atoms with van der Waals surface area (Å²) in [5.41, 5.74) is 0.517. The molecule has 1 aliphatic rings. The second kappa shape index (κ2) is 6.44. The maximum Gasteiger partial charge on any atom is 0.497 e. The van der Waals surface area contributed by atoms with Crippen LogP contribution in [0.3, 0.4) is 0 Å². The fourth-order valence-corrected chi connectivity index (χ4v) is 2.64. The van der Waals surface area contributed by atoms with Gasteiger partial charge >= 0.3 is 7.12 Å². The van der Waals surface area contributed by atoms with Crippen LogP contribution in [0, 0.1) is 0 Å². The second-order valence-corrected chi connectivity index (χ2v) is 7.60. The number of halogens is 1. The van der Waals surface area contributed by atoms with Crippen molar-refractivity contribution < 1.29 is 14.1 Å². The lowest BCUT2D eigenvalue weighted by atomic mass is 9.77. The van der Waals surface area contributed by atoms with Crippen molar-refractivity contribution in [2.24, 2.45) is 0 Å². The Morgan fingerprint density at radius 3 is 2.41 bits per heavy atom. The van der Waals surface area contributed by atoms with Gasteiger partial charge in [0.15, 0.2) is 0 Å². The molecule has 1 fully saturated rings. The number of nitrogens with one attached hydrogen (secondary N) is 1. The van der Waals surface area contributed by atoms with E-state index in [1.165, 1.54) is 11.8 Å². The molecule has 1 saturated heterocycles. The van der Waals surface area contributed by atoms with Crippen LogP contribution in [-0.2, 0) is 14.1 Å². The number of carbonyl (C=O) groups excluding carboxylic acids is 1. The topological polar surface area (TPSA) is 47.6 Å². The monoisotopic (exact) mass is 341 g/mol. The lowest BCUT2D eigenvalue weighted by molar-refractivity contribution is -0.113. The van der Waals surface area contributed by atoms with Gasteiger partial charge in [-0.15, -0.1) is 0 Å². The van der Waals surface area contributed by atoms with Crippen molar-refractivity contribution in [2.75, 3.05) is 17.3 Å². The van der Waals surface area contributed by atoms with Crippen LogP contribution in [0.1, 0.15) is 27.7 Å². The van der Waals surface area contributed by atoms with E-state index in [2.05, 4.69) is 5.32 Å². The van der Waals surface area contributed by atoms with Crippen molar-refractivity contribution in [2.45, 2.75) is 38.9 Å². The van der Waals surface area contributed by atoms with E-state index in [1.807, 2.05) is 34.0 Å². The number of amides is 1. The molecule has 0 unspecified atom stereocenters. The van der Waals surface area contributed by atoms with Crippen LogP contribution in [0.4, 0.5) is 5.69 Å². The molecule has 1 heterocycles. The van der Waals surface area contributed by atoms with Crippen LogP contribution < -0.4 is 10.8 Å². The third kappa shape index (κ3) is 3.62. The molecule has 0 aromatic heterocycles. The Balaban J connectivity index is 2.31. The highest BCUT2D eigenvalue weighted by Crippen LogP contribution is 2.37. The molecule has 0 saturated carbocycles. The largest absolute Gasteiger partial charge is 0.497 e. The highest BCUT2D eigenvalue weighted by molar-refractivity contribution is 7.99. The number of hydrogen-bond donors (Lipinski definition) is 1. The zero-order valence-corrected chi connectivity index (χ0v) is 15.1. The predicted molar refractivity (Wildman–Crippen MR) is 94.2 cm³/mol. The average molecular weight is 342 g/mol. The smallest absolute Gasteiger partial charge is 0.399 e. The first-order chi connectivity index (χ1) is 10.2. The van der Waals surface area contributed by atoms with E-state index in [1.54, 1.807) is 18.2 Å². The number of thioether (sulfide) groups is 1. The minimum Gasteiger partial charge on any atom is -0.399 e. The summed E-state index contributed by atoms with van der Waals surface area (Å²) in [4.78, 5) is 11.9. The number of carbonyl (C=O) groups is 1. The van der Waals surface area contributed by atoms with Crippen molar-refractivity contribution in [1.29, 1.82) is 0 Å². The van der Waals surface area contributed by atoms with Crippen molar-refractivity contribution in [3.63, 3.8) is 0 Å². The van der Waals surface area contributed by atoms with E-state index in [4.69, 9.17) is 20.9 Å². The summed E-state index contributed by atoms with van der Waals surface area (Å²) in [5, 5.41) is 3.47. The van der Waals surface area contributed by atoms with Crippen LogP contribution in [0.15, 0.2) is 18.2 Å². The van der Waals surface area contributed by atoms with Gasteiger partial charge in [-0.05, 0) is 52.1 Å². The summed E-state index contributed by atoms with van der Waals surface area (Å²) in [7, 11) is -0.562. The van der Waals surface area contributed by atoms with Gasteiger partial charge in [-0.2, -0.15) is 11.8 Å². The van der Waals surface area contributed by atoms with E-state index in [0.717, 1.165) is 5.46 Å². The molecule has 0 aliphatic carbocycles. The number of hydrogen-bond acceptors (Lipinski definition) is 4. The molecular weight excluding hydrogens is 321 g/mol. The molecule has 0 radical (unpaired) electrons. The second-order valence-electron chi connectivity index (χ2n) is 6.30. The van der Waals surface area contributed by atoms with Gasteiger partial charge in [-0.1, -0.05) is 11.6 Å². The molecule has 2 rings (SSSR count). The van der Waals surface area contributed by atoms with Gasteiger partial charge in [0.2, 0.25) is 5.91 Å². The van der Waals surface area contributed by atoms with Crippen LogP contribution in [0.5, 0.6) is 0 Å². The van der Waals surface area contributed by atoms with Crippen LogP contribution in [0.25, 0.3) is 0 Å². The van der Waals surface area contributed by atoms with Crippen molar-refractivity contribution >= 4 is 47.5 Å². The molecule has 120 valence electrons. The standard InChI is InChI=1S/C15H21BClNO3S/c1-14(2)15(3,4)21-16(20-14)11-8-10(17)6-7-12(11)18-13(19)9-22-5/h6-8H,9H2,1-5H3,(H,18,19). The first-order valence-electron chi connectivity index (χ1n) is 7.10. The molecule has 22 heavy (non-hydrogen) atoms. The number of benzene rings is 1. The van der Waals surface area contributed by atoms with E-state index in [0.29, 0.717) is 16.5 Å². The third-order valence-corrected chi connectivity index (χ3v) is 4.86. The maximum absolute atomic E-state index is 11.9. The zero-order valence-electron chi connectivity index (χ0n) is 13.5. The summed E-state index contributed by atoms with van der Waals surface area (Å²) >= 11 is 7.58. The Morgan fingerprint density at radius 1 is 1.27 bits per heavy atom. The number of rotatable bonds is 4. The van der Waals surface area contributed by atoms with Gasteiger partial charge < -0.3 is 14.6 Å². The minimum atomic E-state index is -0.562.